The molecule has 1 saturated heterocycles. The Kier molecular flexibility index (Phi) is 3.96. The van der Waals surface area contributed by atoms with E-state index >= 15 is 0 Å². The summed E-state index contributed by atoms with van der Waals surface area (Å²) in [7, 11) is -2.84. The van der Waals surface area contributed by atoms with Crippen molar-refractivity contribution in [3.63, 3.8) is 0 Å². The van der Waals surface area contributed by atoms with Crippen LogP contribution in [0.3, 0.4) is 0 Å². The Morgan fingerprint density at radius 1 is 1.38 bits per heavy atom. The molecule has 16 heavy (non-hydrogen) atoms. The summed E-state index contributed by atoms with van der Waals surface area (Å²) in [4.78, 5) is 10.9. The molecule has 0 radical (unpaired) electrons. The molecule has 0 unspecified atom stereocenters. The molecule has 0 saturated carbocycles. The van der Waals surface area contributed by atoms with Gasteiger partial charge in [-0.05, 0) is 26.7 Å². The van der Waals surface area contributed by atoms with Crippen molar-refractivity contribution in [1.82, 2.24) is 5.32 Å². The van der Waals surface area contributed by atoms with Crippen molar-refractivity contribution in [2.45, 2.75) is 32.7 Å². The lowest BCUT2D eigenvalue weighted by Gasteiger charge is -2.27. The fourth-order valence-corrected chi connectivity index (χ4v) is 3.06. The van der Waals surface area contributed by atoms with Gasteiger partial charge in [-0.15, -0.1) is 0 Å². The molecule has 0 aromatic carbocycles. The number of carboxylic acid groups (broad SMARTS) is 1. The van der Waals surface area contributed by atoms with E-state index in [1.807, 2.05) is 0 Å². The summed E-state index contributed by atoms with van der Waals surface area (Å²) < 4.78 is 22.4. The zero-order valence-electron chi connectivity index (χ0n) is 9.69. The fraction of sp³-hybridized carbons (Fsp3) is 0.900. The topological polar surface area (TPSA) is 83.5 Å². The second kappa shape index (κ2) is 4.71. The molecule has 0 aliphatic carbocycles. The number of nitrogens with one attached hydrogen (secondary N) is 1. The van der Waals surface area contributed by atoms with E-state index in [2.05, 4.69) is 5.32 Å². The highest BCUT2D eigenvalue weighted by molar-refractivity contribution is 7.91. The van der Waals surface area contributed by atoms with Crippen LogP contribution in [0.25, 0.3) is 0 Å². The van der Waals surface area contributed by atoms with Gasteiger partial charge in [0.1, 0.15) is 9.84 Å². The molecule has 0 aromatic rings. The van der Waals surface area contributed by atoms with Gasteiger partial charge in [0.15, 0.2) is 0 Å². The van der Waals surface area contributed by atoms with Gasteiger partial charge in [0, 0.05) is 12.6 Å². The van der Waals surface area contributed by atoms with E-state index in [1.54, 1.807) is 13.8 Å². The molecular formula is C10H19NO4S. The van der Waals surface area contributed by atoms with Gasteiger partial charge in [-0.1, -0.05) is 0 Å². The summed E-state index contributed by atoms with van der Waals surface area (Å²) in [5.41, 5.74) is -0.809. The fourth-order valence-electron chi connectivity index (χ4n) is 1.57. The molecule has 0 spiro atoms. The minimum atomic E-state index is -2.84. The second-order valence-corrected chi connectivity index (χ2v) is 7.30. The SMILES string of the molecule is CC(C)(CNC1CCS(=O)(=O)CC1)C(=O)O. The summed E-state index contributed by atoms with van der Waals surface area (Å²) in [6, 6.07) is 0.127. The summed E-state index contributed by atoms with van der Waals surface area (Å²) in [5, 5.41) is 12.1. The van der Waals surface area contributed by atoms with Crippen molar-refractivity contribution in [2.24, 2.45) is 5.41 Å². The Morgan fingerprint density at radius 3 is 2.31 bits per heavy atom. The maximum absolute atomic E-state index is 11.2. The number of hydrogen-bond acceptors (Lipinski definition) is 4. The van der Waals surface area contributed by atoms with Crippen molar-refractivity contribution in [1.29, 1.82) is 0 Å². The lowest BCUT2D eigenvalue weighted by Crippen LogP contribution is -2.44. The Bertz CT molecular complexity index is 347. The van der Waals surface area contributed by atoms with Gasteiger partial charge < -0.3 is 10.4 Å². The molecule has 1 aliphatic heterocycles. The summed E-state index contributed by atoms with van der Waals surface area (Å²) in [6.07, 6.45) is 1.16. The van der Waals surface area contributed by atoms with E-state index in [-0.39, 0.29) is 17.5 Å². The first-order valence-electron chi connectivity index (χ1n) is 5.40. The Morgan fingerprint density at radius 2 is 1.88 bits per heavy atom. The highest BCUT2D eigenvalue weighted by Gasteiger charge is 2.29. The van der Waals surface area contributed by atoms with Gasteiger partial charge in [-0.25, -0.2) is 8.42 Å². The van der Waals surface area contributed by atoms with Crippen LogP contribution in [0.15, 0.2) is 0 Å². The molecule has 1 rings (SSSR count). The van der Waals surface area contributed by atoms with E-state index in [4.69, 9.17) is 5.11 Å². The molecule has 1 fully saturated rings. The standard InChI is InChI=1S/C10H19NO4S/c1-10(2,9(12)13)7-11-8-3-5-16(14,15)6-4-8/h8,11H,3-7H2,1-2H3,(H,12,13). The Balaban J connectivity index is 2.38. The first kappa shape index (κ1) is 13.4. The number of aliphatic carboxylic acids is 1. The largest absolute Gasteiger partial charge is 0.481 e. The number of sulfone groups is 1. The number of hydrogen-bond donors (Lipinski definition) is 2. The predicted molar refractivity (Wildman–Crippen MR) is 61.1 cm³/mol. The highest BCUT2D eigenvalue weighted by Crippen LogP contribution is 2.17. The van der Waals surface area contributed by atoms with Crippen molar-refractivity contribution in [3.05, 3.63) is 0 Å². The van der Waals surface area contributed by atoms with E-state index in [9.17, 15) is 13.2 Å². The quantitative estimate of drug-likeness (QED) is 0.747. The monoisotopic (exact) mass is 249 g/mol. The van der Waals surface area contributed by atoms with Crippen LogP contribution in [0, 0.1) is 5.41 Å². The van der Waals surface area contributed by atoms with E-state index < -0.39 is 21.2 Å². The lowest BCUT2D eigenvalue weighted by atomic mass is 9.93. The maximum atomic E-state index is 11.2. The third kappa shape index (κ3) is 3.75. The molecule has 1 heterocycles. The van der Waals surface area contributed by atoms with Crippen LogP contribution in [0.2, 0.25) is 0 Å². The van der Waals surface area contributed by atoms with Crippen molar-refractivity contribution >= 4 is 15.8 Å². The molecule has 0 bridgehead atoms. The van der Waals surface area contributed by atoms with Gasteiger partial charge in [0.25, 0.3) is 0 Å². The van der Waals surface area contributed by atoms with Crippen molar-refractivity contribution in [2.75, 3.05) is 18.1 Å². The van der Waals surface area contributed by atoms with E-state index in [0.717, 1.165) is 0 Å². The van der Waals surface area contributed by atoms with Crippen LogP contribution in [0.5, 0.6) is 0 Å². The third-order valence-electron chi connectivity index (χ3n) is 2.97. The number of carboxylic acids is 1. The van der Waals surface area contributed by atoms with Crippen molar-refractivity contribution < 1.29 is 18.3 Å². The van der Waals surface area contributed by atoms with Crippen LogP contribution >= 0.6 is 0 Å². The van der Waals surface area contributed by atoms with Gasteiger partial charge in [0.05, 0.1) is 16.9 Å². The van der Waals surface area contributed by atoms with Crippen molar-refractivity contribution in [3.8, 4) is 0 Å². The normalized spacial score (nSPS) is 21.9. The molecule has 0 aromatic heterocycles. The van der Waals surface area contributed by atoms with Gasteiger partial charge >= 0.3 is 5.97 Å². The molecule has 6 heteroatoms. The van der Waals surface area contributed by atoms with Gasteiger partial charge in [0.2, 0.25) is 0 Å². The zero-order chi connectivity index (χ0) is 12.4. The number of carbonyl (C=O) groups is 1. The van der Waals surface area contributed by atoms with Crippen LogP contribution < -0.4 is 5.32 Å². The minimum absolute atomic E-state index is 0.127. The van der Waals surface area contributed by atoms with Crippen LogP contribution in [-0.4, -0.2) is 43.6 Å². The van der Waals surface area contributed by atoms with Gasteiger partial charge in [-0.3, -0.25) is 4.79 Å². The molecule has 5 nitrogen and oxygen atoms in total. The summed E-state index contributed by atoms with van der Waals surface area (Å²) >= 11 is 0. The molecule has 1 aliphatic rings. The highest BCUT2D eigenvalue weighted by atomic mass is 32.2. The summed E-state index contributed by atoms with van der Waals surface area (Å²) in [6.45, 7) is 3.68. The molecule has 2 N–H and O–H groups in total. The first-order valence-corrected chi connectivity index (χ1v) is 7.22. The van der Waals surface area contributed by atoms with E-state index in [1.165, 1.54) is 0 Å². The Hall–Kier alpha value is -0.620. The molecular weight excluding hydrogens is 230 g/mol. The van der Waals surface area contributed by atoms with Gasteiger partial charge in [-0.2, -0.15) is 0 Å². The lowest BCUT2D eigenvalue weighted by molar-refractivity contribution is -0.146. The zero-order valence-corrected chi connectivity index (χ0v) is 10.5. The number of rotatable bonds is 4. The van der Waals surface area contributed by atoms with Crippen LogP contribution in [-0.2, 0) is 14.6 Å². The molecule has 0 atom stereocenters. The second-order valence-electron chi connectivity index (χ2n) is 5.00. The van der Waals surface area contributed by atoms with Crippen LogP contribution in [0.1, 0.15) is 26.7 Å². The first-order chi connectivity index (χ1) is 7.23. The van der Waals surface area contributed by atoms with Crippen LogP contribution in [0.4, 0.5) is 0 Å². The molecule has 94 valence electrons. The smallest absolute Gasteiger partial charge is 0.310 e. The maximum Gasteiger partial charge on any atom is 0.310 e. The summed E-state index contributed by atoms with van der Waals surface area (Å²) in [5.74, 6) is -0.431. The molecule has 0 amide bonds. The average molecular weight is 249 g/mol. The third-order valence-corrected chi connectivity index (χ3v) is 4.68. The predicted octanol–water partition coefficient (Wildman–Crippen LogP) is 0.264. The van der Waals surface area contributed by atoms with E-state index in [0.29, 0.717) is 19.4 Å². The average Bonchev–Trinajstić information content (AvgIpc) is 2.16. The minimum Gasteiger partial charge on any atom is -0.481 e. The Labute approximate surface area is 96.1 Å².